The number of aliphatic hydroxyl groups excluding tert-OH is 1. The Hall–Kier alpha value is -1.51. The summed E-state index contributed by atoms with van der Waals surface area (Å²) in [4.78, 5) is 0. The first-order chi connectivity index (χ1) is 8.58. The number of benzene rings is 2. The maximum atomic E-state index is 9.29. The van der Waals surface area contributed by atoms with Crippen molar-refractivity contribution in [3.8, 4) is 11.5 Å². The lowest BCUT2D eigenvalue weighted by Crippen LogP contribution is -1.92. The van der Waals surface area contributed by atoms with Gasteiger partial charge in [-0.05, 0) is 55.3 Å². The lowest BCUT2D eigenvalue weighted by Gasteiger charge is -2.11. The van der Waals surface area contributed by atoms with Gasteiger partial charge in [0.1, 0.15) is 11.5 Å². The van der Waals surface area contributed by atoms with Crippen LogP contribution in [0.25, 0.3) is 0 Å². The highest BCUT2D eigenvalue weighted by Gasteiger charge is 2.06. The van der Waals surface area contributed by atoms with E-state index in [1.807, 2.05) is 26.0 Å². The van der Waals surface area contributed by atoms with Crippen LogP contribution in [0.5, 0.6) is 11.5 Å². The van der Waals surface area contributed by atoms with E-state index >= 15 is 0 Å². The summed E-state index contributed by atoms with van der Waals surface area (Å²) in [6.07, 6.45) is 0. The number of halogens is 1. The molecule has 1 N–H and O–H groups in total. The van der Waals surface area contributed by atoms with Gasteiger partial charge >= 0.3 is 0 Å². The molecule has 0 unspecified atom stereocenters. The van der Waals surface area contributed by atoms with Crippen LogP contribution >= 0.6 is 11.6 Å². The summed E-state index contributed by atoms with van der Waals surface area (Å²) in [7, 11) is 0. The van der Waals surface area contributed by atoms with Crippen LogP contribution in [0.15, 0.2) is 36.4 Å². The van der Waals surface area contributed by atoms with E-state index in [9.17, 15) is 5.11 Å². The summed E-state index contributed by atoms with van der Waals surface area (Å²) >= 11 is 5.88. The monoisotopic (exact) mass is 262 g/mol. The summed E-state index contributed by atoms with van der Waals surface area (Å²) in [6, 6.07) is 11.2. The standard InChI is InChI=1S/C15H15ClO2/c1-10-5-11(2)7-14(6-10)18-15-4-3-13(16)8-12(15)9-17/h3-8,17H,9H2,1-2H3. The highest BCUT2D eigenvalue weighted by molar-refractivity contribution is 6.30. The van der Waals surface area contributed by atoms with Gasteiger partial charge in [-0.15, -0.1) is 0 Å². The fourth-order valence-corrected chi connectivity index (χ4v) is 2.08. The van der Waals surface area contributed by atoms with Crippen LogP contribution in [-0.2, 0) is 6.61 Å². The quantitative estimate of drug-likeness (QED) is 0.896. The van der Waals surface area contributed by atoms with E-state index in [4.69, 9.17) is 16.3 Å². The minimum Gasteiger partial charge on any atom is -0.457 e. The van der Waals surface area contributed by atoms with E-state index in [1.165, 1.54) is 0 Å². The number of hydrogen-bond acceptors (Lipinski definition) is 2. The van der Waals surface area contributed by atoms with E-state index in [0.717, 1.165) is 16.9 Å². The van der Waals surface area contributed by atoms with Crippen LogP contribution < -0.4 is 4.74 Å². The van der Waals surface area contributed by atoms with E-state index in [1.54, 1.807) is 18.2 Å². The highest BCUT2D eigenvalue weighted by Crippen LogP contribution is 2.29. The molecule has 18 heavy (non-hydrogen) atoms. The van der Waals surface area contributed by atoms with Crippen LogP contribution in [-0.4, -0.2) is 5.11 Å². The number of aliphatic hydroxyl groups is 1. The molecule has 0 bridgehead atoms. The van der Waals surface area contributed by atoms with E-state index in [2.05, 4.69) is 6.07 Å². The Kier molecular flexibility index (Phi) is 3.90. The third-order valence-electron chi connectivity index (χ3n) is 2.62. The molecule has 0 fully saturated rings. The van der Waals surface area contributed by atoms with Gasteiger partial charge in [-0.25, -0.2) is 0 Å². The fraction of sp³-hybridized carbons (Fsp3) is 0.200. The van der Waals surface area contributed by atoms with Crippen LogP contribution in [0.1, 0.15) is 16.7 Å². The Morgan fingerprint density at radius 1 is 1.06 bits per heavy atom. The molecule has 0 spiro atoms. The molecular formula is C15H15ClO2. The molecule has 94 valence electrons. The van der Waals surface area contributed by atoms with Crippen LogP contribution in [0, 0.1) is 13.8 Å². The first-order valence-electron chi connectivity index (χ1n) is 5.74. The Morgan fingerprint density at radius 2 is 1.72 bits per heavy atom. The molecule has 2 aromatic carbocycles. The molecule has 0 aliphatic rings. The van der Waals surface area contributed by atoms with Gasteiger partial charge in [0.25, 0.3) is 0 Å². The second-order valence-electron chi connectivity index (χ2n) is 4.34. The van der Waals surface area contributed by atoms with Crippen LogP contribution in [0.4, 0.5) is 0 Å². The molecule has 0 radical (unpaired) electrons. The molecule has 0 atom stereocenters. The van der Waals surface area contributed by atoms with Gasteiger partial charge in [-0.2, -0.15) is 0 Å². The van der Waals surface area contributed by atoms with Crippen molar-refractivity contribution in [1.29, 1.82) is 0 Å². The minimum atomic E-state index is -0.0965. The first-order valence-corrected chi connectivity index (χ1v) is 6.12. The highest BCUT2D eigenvalue weighted by atomic mass is 35.5. The molecule has 0 saturated heterocycles. The molecule has 0 heterocycles. The minimum absolute atomic E-state index is 0.0965. The number of aryl methyl sites for hydroxylation is 2. The lowest BCUT2D eigenvalue weighted by atomic mass is 10.1. The molecule has 0 aliphatic heterocycles. The van der Waals surface area contributed by atoms with E-state index in [0.29, 0.717) is 16.3 Å². The normalized spacial score (nSPS) is 10.4. The average Bonchev–Trinajstić information content (AvgIpc) is 2.30. The second kappa shape index (κ2) is 5.42. The van der Waals surface area contributed by atoms with Crippen LogP contribution in [0.2, 0.25) is 5.02 Å². The number of ether oxygens (including phenoxy) is 1. The molecule has 0 aromatic heterocycles. The van der Waals surface area contributed by atoms with Gasteiger partial charge < -0.3 is 9.84 Å². The molecule has 2 nitrogen and oxygen atoms in total. The molecule has 2 rings (SSSR count). The Balaban J connectivity index is 2.33. The number of hydrogen-bond donors (Lipinski definition) is 1. The summed E-state index contributed by atoms with van der Waals surface area (Å²) in [5, 5.41) is 9.88. The summed E-state index contributed by atoms with van der Waals surface area (Å²) in [5.41, 5.74) is 2.97. The van der Waals surface area contributed by atoms with Gasteiger partial charge in [0.05, 0.1) is 6.61 Å². The molecular weight excluding hydrogens is 248 g/mol. The Labute approximate surface area is 112 Å². The van der Waals surface area contributed by atoms with Gasteiger partial charge in [0.15, 0.2) is 0 Å². The SMILES string of the molecule is Cc1cc(C)cc(Oc2ccc(Cl)cc2CO)c1. The topological polar surface area (TPSA) is 29.5 Å². The zero-order valence-corrected chi connectivity index (χ0v) is 11.2. The Bertz CT molecular complexity index is 544. The molecule has 0 saturated carbocycles. The Morgan fingerprint density at radius 3 is 2.33 bits per heavy atom. The van der Waals surface area contributed by atoms with Crippen molar-refractivity contribution in [2.45, 2.75) is 20.5 Å². The number of rotatable bonds is 3. The van der Waals surface area contributed by atoms with Crippen molar-refractivity contribution < 1.29 is 9.84 Å². The van der Waals surface area contributed by atoms with Crippen molar-refractivity contribution in [2.24, 2.45) is 0 Å². The third-order valence-corrected chi connectivity index (χ3v) is 2.85. The predicted molar refractivity (Wildman–Crippen MR) is 73.4 cm³/mol. The predicted octanol–water partition coefficient (Wildman–Crippen LogP) is 4.24. The van der Waals surface area contributed by atoms with Gasteiger partial charge in [-0.3, -0.25) is 0 Å². The first kappa shape index (κ1) is 12.9. The van der Waals surface area contributed by atoms with Crippen LogP contribution in [0.3, 0.4) is 0 Å². The third kappa shape index (κ3) is 3.03. The van der Waals surface area contributed by atoms with Crippen molar-refractivity contribution in [2.75, 3.05) is 0 Å². The average molecular weight is 263 g/mol. The molecule has 0 amide bonds. The molecule has 2 aromatic rings. The van der Waals surface area contributed by atoms with Gasteiger partial charge in [0, 0.05) is 10.6 Å². The van der Waals surface area contributed by atoms with E-state index in [-0.39, 0.29) is 6.61 Å². The maximum Gasteiger partial charge on any atom is 0.133 e. The summed E-state index contributed by atoms with van der Waals surface area (Å²) < 4.78 is 5.80. The molecule has 3 heteroatoms. The maximum absolute atomic E-state index is 9.29. The van der Waals surface area contributed by atoms with Crippen molar-refractivity contribution in [3.63, 3.8) is 0 Å². The van der Waals surface area contributed by atoms with E-state index < -0.39 is 0 Å². The second-order valence-corrected chi connectivity index (χ2v) is 4.77. The van der Waals surface area contributed by atoms with Crippen molar-refractivity contribution in [1.82, 2.24) is 0 Å². The fourth-order valence-electron chi connectivity index (χ4n) is 1.89. The zero-order chi connectivity index (χ0) is 13.1. The largest absolute Gasteiger partial charge is 0.457 e. The molecule has 0 aliphatic carbocycles. The van der Waals surface area contributed by atoms with Gasteiger partial charge in [-0.1, -0.05) is 17.7 Å². The van der Waals surface area contributed by atoms with Crippen molar-refractivity contribution in [3.05, 3.63) is 58.1 Å². The zero-order valence-electron chi connectivity index (χ0n) is 10.4. The summed E-state index contributed by atoms with van der Waals surface area (Å²) in [6.45, 7) is 3.95. The van der Waals surface area contributed by atoms with Crippen molar-refractivity contribution >= 4 is 11.6 Å². The lowest BCUT2D eigenvalue weighted by molar-refractivity contribution is 0.276. The van der Waals surface area contributed by atoms with Gasteiger partial charge in [0.2, 0.25) is 0 Å². The summed E-state index contributed by atoms with van der Waals surface area (Å²) in [5.74, 6) is 1.40. The smallest absolute Gasteiger partial charge is 0.133 e.